The fraction of sp³-hybridized carbons (Fsp3) is 0.265. The average Bonchev–Trinajstić information content (AvgIpc) is 3.03. The van der Waals surface area contributed by atoms with E-state index in [9.17, 15) is 9.59 Å². The lowest BCUT2D eigenvalue weighted by Crippen LogP contribution is -2.47. The number of carbonyl (C=O) groups excluding carboxylic acids is 2. The Morgan fingerprint density at radius 2 is 1.58 bits per heavy atom. The number of benzene rings is 4. The molecule has 2 amide bonds. The van der Waals surface area contributed by atoms with E-state index >= 15 is 0 Å². The van der Waals surface area contributed by atoms with Crippen LogP contribution in [0.25, 0.3) is 10.8 Å². The molecule has 0 bridgehead atoms. The molecular weight excluding hydrogens is 538 g/mol. The molecule has 0 aliphatic carbocycles. The number of aliphatic imine (C=N–C) groups is 1. The number of nitrogens with two attached hydrogens (primary N) is 2. The molecule has 2 atom stereocenters. The highest BCUT2D eigenvalue weighted by Gasteiger charge is 2.22. The SMILES string of the molecule is C[C@H](CNC(=O)[C@H](CCCN=C(N)N)NC(=O)c1ccc(NCNCc2ccccc2)cc1)c1cccc2ccccc12. The number of amides is 2. The zero-order valence-electron chi connectivity index (χ0n) is 24.6. The minimum absolute atomic E-state index is 0.00193. The second kappa shape index (κ2) is 15.9. The minimum atomic E-state index is -0.735. The maximum absolute atomic E-state index is 13.3. The third-order valence-electron chi connectivity index (χ3n) is 7.24. The molecule has 8 N–H and O–H groups in total. The molecule has 0 unspecified atom stereocenters. The van der Waals surface area contributed by atoms with Gasteiger partial charge in [0.2, 0.25) is 5.91 Å². The lowest BCUT2D eigenvalue weighted by molar-refractivity contribution is -0.123. The first-order valence-electron chi connectivity index (χ1n) is 14.6. The lowest BCUT2D eigenvalue weighted by atomic mass is 9.94. The molecule has 4 aromatic rings. The van der Waals surface area contributed by atoms with Crippen LogP contribution in [0.4, 0.5) is 5.69 Å². The van der Waals surface area contributed by atoms with E-state index in [-0.39, 0.29) is 23.7 Å². The third kappa shape index (κ3) is 9.58. The lowest BCUT2D eigenvalue weighted by Gasteiger charge is -2.21. The van der Waals surface area contributed by atoms with Crippen LogP contribution in [-0.4, -0.2) is 43.6 Å². The maximum Gasteiger partial charge on any atom is 0.251 e. The van der Waals surface area contributed by atoms with Crippen LogP contribution in [0.15, 0.2) is 102 Å². The molecule has 4 aromatic carbocycles. The van der Waals surface area contributed by atoms with Crippen LogP contribution in [0.1, 0.15) is 47.2 Å². The molecule has 224 valence electrons. The molecule has 9 nitrogen and oxygen atoms in total. The van der Waals surface area contributed by atoms with Crippen LogP contribution in [0.5, 0.6) is 0 Å². The van der Waals surface area contributed by atoms with Crippen molar-refractivity contribution in [3.63, 3.8) is 0 Å². The van der Waals surface area contributed by atoms with Crippen molar-refractivity contribution in [3.05, 3.63) is 114 Å². The van der Waals surface area contributed by atoms with Gasteiger partial charge in [-0.3, -0.25) is 19.9 Å². The summed E-state index contributed by atoms with van der Waals surface area (Å²) >= 11 is 0. The van der Waals surface area contributed by atoms with Gasteiger partial charge in [-0.05, 0) is 64.9 Å². The van der Waals surface area contributed by atoms with Crippen molar-refractivity contribution in [1.82, 2.24) is 16.0 Å². The Hall–Kier alpha value is -4.89. The normalized spacial score (nSPS) is 12.2. The van der Waals surface area contributed by atoms with E-state index in [0.717, 1.165) is 23.2 Å². The van der Waals surface area contributed by atoms with Crippen LogP contribution < -0.4 is 32.7 Å². The fourth-order valence-electron chi connectivity index (χ4n) is 4.89. The van der Waals surface area contributed by atoms with E-state index in [1.54, 1.807) is 12.1 Å². The van der Waals surface area contributed by atoms with Crippen LogP contribution in [-0.2, 0) is 11.3 Å². The topological polar surface area (TPSA) is 147 Å². The van der Waals surface area contributed by atoms with Crippen LogP contribution in [0, 0.1) is 0 Å². The predicted octanol–water partition coefficient (Wildman–Crippen LogP) is 4.07. The van der Waals surface area contributed by atoms with Crippen molar-refractivity contribution in [2.24, 2.45) is 16.5 Å². The Morgan fingerprint density at radius 1 is 0.860 bits per heavy atom. The van der Waals surface area contributed by atoms with Gasteiger partial charge in [-0.15, -0.1) is 0 Å². The van der Waals surface area contributed by atoms with Crippen LogP contribution in [0.3, 0.4) is 0 Å². The quantitative estimate of drug-likeness (QED) is 0.0542. The van der Waals surface area contributed by atoms with Crippen LogP contribution >= 0.6 is 0 Å². The van der Waals surface area contributed by atoms with Gasteiger partial charge in [0, 0.05) is 30.9 Å². The first kappa shape index (κ1) is 31.1. The summed E-state index contributed by atoms with van der Waals surface area (Å²) in [6, 6.07) is 31.0. The fourth-order valence-corrected chi connectivity index (χ4v) is 4.89. The Morgan fingerprint density at radius 3 is 2.35 bits per heavy atom. The molecule has 0 saturated carbocycles. The minimum Gasteiger partial charge on any atom is -0.372 e. The van der Waals surface area contributed by atoms with Gasteiger partial charge >= 0.3 is 0 Å². The molecule has 0 aliphatic rings. The van der Waals surface area contributed by atoms with Gasteiger partial charge in [-0.2, -0.15) is 0 Å². The summed E-state index contributed by atoms with van der Waals surface area (Å²) in [7, 11) is 0. The number of guanidine groups is 1. The molecule has 0 aromatic heterocycles. The predicted molar refractivity (Wildman–Crippen MR) is 175 cm³/mol. The Kier molecular flexibility index (Phi) is 11.5. The summed E-state index contributed by atoms with van der Waals surface area (Å²) in [4.78, 5) is 30.5. The van der Waals surface area contributed by atoms with E-state index in [1.165, 1.54) is 10.9 Å². The van der Waals surface area contributed by atoms with Gasteiger partial charge in [-0.25, -0.2) is 0 Å². The number of hydrogen-bond donors (Lipinski definition) is 6. The highest BCUT2D eigenvalue weighted by Crippen LogP contribution is 2.25. The zero-order valence-corrected chi connectivity index (χ0v) is 24.6. The van der Waals surface area contributed by atoms with Crippen molar-refractivity contribution in [2.75, 3.05) is 25.1 Å². The first-order valence-corrected chi connectivity index (χ1v) is 14.6. The van der Waals surface area contributed by atoms with Gasteiger partial charge < -0.3 is 27.4 Å². The molecular formula is C34H41N7O2. The van der Waals surface area contributed by atoms with E-state index in [4.69, 9.17) is 11.5 Å². The van der Waals surface area contributed by atoms with Crippen molar-refractivity contribution in [1.29, 1.82) is 0 Å². The Balaban J connectivity index is 1.33. The molecule has 0 aliphatic heterocycles. The molecule has 0 radical (unpaired) electrons. The molecule has 0 saturated heterocycles. The third-order valence-corrected chi connectivity index (χ3v) is 7.24. The standard InChI is InChI=1S/C34H41N7O2/c1-24(29-14-7-12-26-11-5-6-13-30(26)29)21-39-33(43)31(15-8-20-38-34(35)36)41-32(42)27-16-18-28(19-17-27)40-23-37-22-25-9-3-2-4-10-25/h2-7,9-14,16-19,24,31,37,40H,8,15,20-23H2,1H3,(H,39,43)(H,41,42)(H4,35,36,38)/t24-,31+/m1/s1. The molecule has 4 rings (SSSR count). The monoisotopic (exact) mass is 579 g/mol. The van der Waals surface area contributed by atoms with E-state index in [0.29, 0.717) is 38.2 Å². The molecule has 0 spiro atoms. The number of anilines is 1. The van der Waals surface area contributed by atoms with Crippen molar-refractivity contribution >= 4 is 34.2 Å². The summed E-state index contributed by atoms with van der Waals surface area (Å²) in [5, 5.41) is 14.9. The van der Waals surface area contributed by atoms with Crippen molar-refractivity contribution in [2.45, 2.75) is 38.3 Å². The van der Waals surface area contributed by atoms with Crippen LogP contribution in [0.2, 0.25) is 0 Å². The first-order chi connectivity index (χ1) is 20.9. The highest BCUT2D eigenvalue weighted by atomic mass is 16.2. The summed E-state index contributed by atoms with van der Waals surface area (Å²) in [6.07, 6.45) is 0.928. The van der Waals surface area contributed by atoms with E-state index < -0.39 is 6.04 Å². The summed E-state index contributed by atoms with van der Waals surface area (Å²) in [6.45, 7) is 4.22. The van der Waals surface area contributed by atoms with Gasteiger partial charge in [0.15, 0.2) is 5.96 Å². The van der Waals surface area contributed by atoms with E-state index in [2.05, 4.69) is 69.6 Å². The second-order valence-corrected chi connectivity index (χ2v) is 10.5. The average molecular weight is 580 g/mol. The Bertz CT molecular complexity index is 1500. The number of fused-ring (bicyclic) bond motifs is 1. The highest BCUT2D eigenvalue weighted by molar-refractivity contribution is 5.97. The number of nitrogens with one attached hydrogen (secondary N) is 4. The molecule has 0 heterocycles. The van der Waals surface area contributed by atoms with Gasteiger partial charge in [0.1, 0.15) is 6.04 Å². The van der Waals surface area contributed by atoms with Gasteiger partial charge in [-0.1, -0.05) is 79.7 Å². The summed E-state index contributed by atoms with van der Waals surface area (Å²) in [5.74, 6) is -0.487. The van der Waals surface area contributed by atoms with Crippen molar-refractivity contribution < 1.29 is 9.59 Å². The molecule has 9 heteroatoms. The zero-order chi connectivity index (χ0) is 30.4. The van der Waals surface area contributed by atoms with E-state index in [1.807, 2.05) is 48.5 Å². The summed E-state index contributed by atoms with van der Waals surface area (Å²) < 4.78 is 0. The smallest absolute Gasteiger partial charge is 0.251 e. The largest absolute Gasteiger partial charge is 0.372 e. The number of rotatable bonds is 15. The van der Waals surface area contributed by atoms with Crippen molar-refractivity contribution in [3.8, 4) is 0 Å². The maximum atomic E-state index is 13.3. The number of carbonyl (C=O) groups is 2. The molecule has 0 fully saturated rings. The number of nitrogens with zero attached hydrogens (tertiary/aromatic N) is 1. The molecule has 43 heavy (non-hydrogen) atoms. The second-order valence-electron chi connectivity index (χ2n) is 10.5. The van der Waals surface area contributed by atoms with Gasteiger partial charge in [0.05, 0.1) is 6.67 Å². The summed E-state index contributed by atoms with van der Waals surface area (Å²) in [5.41, 5.74) is 14.6. The number of hydrogen-bond acceptors (Lipinski definition) is 5. The van der Waals surface area contributed by atoms with Gasteiger partial charge in [0.25, 0.3) is 5.91 Å². The Labute approximate surface area is 253 Å².